The van der Waals surface area contributed by atoms with Crippen LogP contribution in [0.15, 0.2) is 12.4 Å². The molecule has 1 unspecified atom stereocenters. The number of aliphatic hydroxyl groups is 1. The highest BCUT2D eigenvalue weighted by atomic mass is 16.6. The lowest BCUT2D eigenvalue weighted by molar-refractivity contribution is -0.396. The molecule has 0 fully saturated rings. The molecule has 0 aliphatic carbocycles. The predicted octanol–water partition coefficient (Wildman–Crippen LogP) is -1.09. The first kappa shape index (κ1) is 14.1. The normalized spacial score (nSPS) is 12.1. The van der Waals surface area contributed by atoms with Crippen molar-refractivity contribution in [2.24, 2.45) is 0 Å². The molecule has 0 saturated heterocycles. The summed E-state index contributed by atoms with van der Waals surface area (Å²) in [5, 5.41) is 22.3. The van der Waals surface area contributed by atoms with E-state index in [0.29, 0.717) is 0 Å². The number of rotatable bonds is 7. The molecule has 2 N–H and O–H groups in total. The quantitative estimate of drug-likeness (QED) is 0.474. The molecule has 1 aromatic heterocycles. The molecule has 1 heterocycles. The van der Waals surface area contributed by atoms with Gasteiger partial charge in [-0.1, -0.05) is 4.98 Å². The van der Waals surface area contributed by atoms with Crippen LogP contribution >= 0.6 is 0 Å². The number of hydrogen-bond acceptors (Lipinski definition) is 6. The minimum atomic E-state index is -0.809. The molecule has 9 heteroatoms. The van der Waals surface area contributed by atoms with Gasteiger partial charge >= 0.3 is 5.95 Å². The predicted molar refractivity (Wildman–Crippen MR) is 59.8 cm³/mol. The first-order valence-electron chi connectivity index (χ1n) is 5.13. The van der Waals surface area contributed by atoms with Crippen molar-refractivity contribution in [1.29, 1.82) is 0 Å². The van der Waals surface area contributed by atoms with Crippen molar-refractivity contribution < 1.29 is 19.6 Å². The van der Waals surface area contributed by atoms with E-state index in [1.165, 1.54) is 19.5 Å². The van der Waals surface area contributed by atoms with E-state index in [-0.39, 0.29) is 19.7 Å². The van der Waals surface area contributed by atoms with Crippen molar-refractivity contribution in [2.75, 3.05) is 20.3 Å². The largest absolute Gasteiger partial charge is 0.435 e. The van der Waals surface area contributed by atoms with Crippen LogP contribution in [0.2, 0.25) is 0 Å². The van der Waals surface area contributed by atoms with Gasteiger partial charge in [-0.2, -0.15) is 0 Å². The SMILES string of the molecule is COCC(O)CNC(=O)Cn1ccnc1[N+](=O)[O-]. The number of nitrogens with one attached hydrogen (secondary N) is 1. The van der Waals surface area contributed by atoms with Crippen molar-refractivity contribution in [3.8, 4) is 0 Å². The van der Waals surface area contributed by atoms with Crippen molar-refractivity contribution in [3.63, 3.8) is 0 Å². The van der Waals surface area contributed by atoms with Gasteiger partial charge in [0.15, 0.2) is 6.54 Å². The molecule has 1 amide bonds. The minimum absolute atomic E-state index is 0.0230. The molecule has 100 valence electrons. The molecule has 1 atom stereocenters. The third-order valence-corrected chi connectivity index (χ3v) is 2.06. The smallest absolute Gasteiger partial charge is 0.390 e. The fourth-order valence-corrected chi connectivity index (χ4v) is 1.29. The molecule has 0 spiro atoms. The number of ether oxygens (including phenoxy) is 1. The van der Waals surface area contributed by atoms with Gasteiger partial charge in [-0.05, 0) is 4.92 Å². The van der Waals surface area contributed by atoms with E-state index in [1.54, 1.807) is 0 Å². The van der Waals surface area contributed by atoms with Gasteiger partial charge in [0, 0.05) is 13.7 Å². The van der Waals surface area contributed by atoms with Gasteiger partial charge < -0.3 is 25.3 Å². The number of nitrogens with zero attached hydrogens (tertiary/aromatic N) is 3. The summed E-state index contributed by atoms with van der Waals surface area (Å²) in [7, 11) is 1.43. The lowest BCUT2D eigenvalue weighted by Gasteiger charge is -2.10. The topological polar surface area (TPSA) is 120 Å². The molecule has 18 heavy (non-hydrogen) atoms. The van der Waals surface area contributed by atoms with E-state index in [9.17, 15) is 20.0 Å². The molecule has 0 aliphatic heterocycles. The Labute approximate surface area is 103 Å². The Morgan fingerprint density at radius 2 is 2.50 bits per heavy atom. The second-order valence-corrected chi connectivity index (χ2v) is 3.53. The molecule has 1 aromatic rings. The monoisotopic (exact) mass is 258 g/mol. The van der Waals surface area contributed by atoms with Gasteiger partial charge in [-0.15, -0.1) is 0 Å². The highest BCUT2D eigenvalue weighted by Crippen LogP contribution is 2.06. The number of hydrogen-bond donors (Lipinski definition) is 2. The standard InChI is InChI=1S/C9H14N4O5/c1-18-6-7(14)4-11-8(15)5-12-3-2-10-9(12)13(16)17/h2-3,7,14H,4-6H2,1H3,(H,11,15). The third-order valence-electron chi connectivity index (χ3n) is 2.06. The molecular formula is C9H14N4O5. The van der Waals surface area contributed by atoms with Gasteiger partial charge in [0.05, 0.1) is 12.7 Å². The number of methoxy groups -OCH3 is 1. The maximum absolute atomic E-state index is 11.5. The van der Waals surface area contributed by atoms with Crippen molar-refractivity contribution in [3.05, 3.63) is 22.5 Å². The summed E-state index contributed by atoms with van der Waals surface area (Å²) >= 11 is 0. The summed E-state index contributed by atoms with van der Waals surface area (Å²) in [6.45, 7) is -0.101. The molecule has 0 radical (unpaired) electrons. The highest BCUT2D eigenvalue weighted by molar-refractivity contribution is 5.75. The Morgan fingerprint density at radius 1 is 1.78 bits per heavy atom. The van der Waals surface area contributed by atoms with E-state index in [0.717, 1.165) is 4.57 Å². The number of imidazole rings is 1. The van der Waals surface area contributed by atoms with Crippen LogP contribution < -0.4 is 5.32 Å². The summed E-state index contributed by atoms with van der Waals surface area (Å²) in [5.74, 6) is -0.853. The lowest BCUT2D eigenvalue weighted by Crippen LogP contribution is -2.36. The molecule has 0 saturated carbocycles. The highest BCUT2D eigenvalue weighted by Gasteiger charge is 2.17. The number of aromatic nitrogens is 2. The average molecular weight is 258 g/mol. The fraction of sp³-hybridized carbons (Fsp3) is 0.556. The number of carbonyl (C=O) groups excluding carboxylic acids is 1. The van der Waals surface area contributed by atoms with Gasteiger partial charge in [0.1, 0.15) is 12.4 Å². The Balaban J connectivity index is 2.45. The van der Waals surface area contributed by atoms with Crippen LogP contribution in [0.4, 0.5) is 5.95 Å². The summed E-state index contributed by atoms with van der Waals surface area (Å²) in [6.07, 6.45) is 1.77. The Kier molecular flexibility index (Phi) is 5.21. The first-order valence-corrected chi connectivity index (χ1v) is 5.13. The van der Waals surface area contributed by atoms with Gasteiger partial charge in [-0.3, -0.25) is 4.79 Å². The van der Waals surface area contributed by atoms with E-state index >= 15 is 0 Å². The number of nitro groups is 1. The van der Waals surface area contributed by atoms with Crippen LogP contribution in [0.3, 0.4) is 0 Å². The van der Waals surface area contributed by atoms with Crippen LogP contribution in [0, 0.1) is 10.1 Å². The van der Waals surface area contributed by atoms with E-state index in [2.05, 4.69) is 15.0 Å². The maximum atomic E-state index is 11.5. The van der Waals surface area contributed by atoms with E-state index in [1.807, 2.05) is 0 Å². The second kappa shape index (κ2) is 6.67. The Hall–Kier alpha value is -2.00. The van der Waals surface area contributed by atoms with Crippen molar-refractivity contribution in [2.45, 2.75) is 12.6 Å². The molecule has 1 rings (SSSR count). The van der Waals surface area contributed by atoms with Gasteiger partial charge in [-0.25, -0.2) is 4.57 Å². The van der Waals surface area contributed by atoms with E-state index in [4.69, 9.17) is 0 Å². The lowest BCUT2D eigenvalue weighted by atomic mass is 10.3. The number of aliphatic hydroxyl groups excluding tert-OH is 1. The maximum Gasteiger partial charge on any atom is 0.435 e. The summed E-state index contributed by atoms with van der Waals surface area (Å²) in [6, 6.07) is 0. The fourth-order valence-electron chi connectivity index (χ4n) is 1.29. The van der Waals surface area contributed by atoms with Crippen LogP contribution in [-0.4, -0.2) is 51.9 Å². The van der Waals surface area contributed by atoms with Crippen LogP contribution in [0.1, 0.15) is 0 Å². The van der Waals surface area contributed by atoms with Crippen LogP contribution in [-0.2, 0) is 16.1 Å². The molecule has 0 aromatic carbocycles. The number of amides is 1. The van der Waals surface area contributed by atoms with E-state index < -0.39 is 22.9 Å². The first-order chi connectivity index (χ1) is 8.54. The zero-order valence-electron chi connectivity index (χ0n) is 9.78. The van der Waals surface area contributed by atoms with Gasteiger partial charge in [0.2, 0.25) is 0 Å². The summed E-state index contributed by atoms with van der Waals surface area (Å²) in [4.78, 5) is 24.8. The van der Waals surface area contributed by atoms with Crippen LogP contribution in [0.5, 0.6) is 0 Å². The third kappa shape index (κ3) is 4.11. The second-order valence-electron chi connectivity index (χ2n) is 3.53. The average Bonchev–Trinajstić information content (AvgIpc) is 2.75. The molecule has 9 nitrogen and oxygen atoms in total. The minimum Gasteiger partial charge on any atom is -0.390 e. The Bertz CT molecular complexity index is 419. The summed E-state index contributed by atoms with van der Waals surface area (Å²) in [5.41, 5.74) is 0. The zero-order chi connectivity index (χ0) is 13.5. The zero-order valence-corrected chi connectivity index (χ0v) is 9.78. The summed E-state index contributed by atoms with van der Waals surface area (Å²) < 4.78 is 5.80. The van der Waals surface area contributed by atoms with Crippen molar-refractivity contribution in [1.82, 2.24) is 14.9 Å². The molecule has 0 aliphatic rings. The molecule has 0 bridgehead atoms. The van der Waals surface area contributed by atoms with Crippen molar-refractivity contribution >= 4 is 11.9 Å². The Morgan fingerprint density at radius 3 is 3.11 bits per heavy atom. The van der Waals surface area contributed by atoms with Gasteiger partial charge in [0.25, 0.3) is 5.91 Å². The van der Waals surface area contributed by atoms with Crippen LogP contribution in [0.25, 0.3) is 0 Å². The number of carbonyl (C=O) groups is 1. The molecular weight excluding hydrogens is 244 g/mol.